The van der Waals surface area contributed by atoms with Crippen LogP contribution in [0.5, 0.6) is 5.75 Å². The number of amides is 2. The standard InChI is InChI=1S/C17H15Cl2FN2O3/c18-11-5-6-15(13(19)9-11)25-10-16(23)21-7-8-22-17(24)12-3-1-2-4-14(12)20/h1-6,9H,7-8,10H2,(H,21,23)(H,22,24). The van der Waals surface area contributed by atoms with Crippen LogP contribution in [0.4, 0.5) is 4.39 Å². The number of hydrogen-bond acceptors (Lipinski definition) is 3. The van der Waals surface area contributed by atoms with Gasteiger partial charge < -0.3 is 15.4 Å². The summed E-state index contributed by atoms with van der Waals surface area (Å²) in [5.41, 5.74) is -0.0467. The van der Waals surface area contributed by atoms with Gasteiger partial charge in [-0.15, -0.1) is 0 Å². The average molecular weight is 385 g/mol. The zero-order chi connectivity index (χ0) is 18.2. The number of benzene rings is 2. The Balaban J connectivity index is 1.68. The molecule has 0 aliphatic rings. The van der Waals surface area contributed by atoms with Crippen molar-refractivity contribution in [3.8, 4) is 5.75 Å². The van der Waals surface area contributed by atoms with Crippen molar-refractivity contribution in [3.63, 3.8) is 0 Å². The van der Waals surface area contributed by atoms with Crippen molar-refractivity contribution in [2.45, 2.75) is 0 Å². The van der Waals surface area contributed by atoms with Crippen LogP contribution in [0.25, 0.3) is 0 Å². The van der Waals surface area contributed by atoms with E-state index in [1.54, 1.807) is 18.2 Å². The molecule has 0 aliphatic carbocycles. The highest BCUT2D eigenvalue weighted by atomic mass is 35.5. The van der Waals surface area contributed by atoms with Crippen molar-refractivity contribution in [3.05, 3.63) is 63.9 Å². The van der Waals surface area contributed by atoms with Gasteiger partial charge in [0.2, 0.25) is 0 Å². The molecule has 0 saturated carbocycles. The van der Waals surface area contributed by atoms with Crippen LogP contribution in [0, 0.1) is 5.82 Å². The number of carbonyl (C=O) groups excluding carboxylic acids is 2. The molecule has 2 N–H and O–H groups in total. The Labute approximate surface area is 154 Å². The summed E-state index contributed by atoms with van der Waals surface area (Å²) in [5, 5.41) is 5.85. The zero-order valence-corrected chi connectivity index (χ0v) is 14.5. The highest BCUT2D eigenvalue weighted by Gasteiger charge is 2.10. The highest BCUT2D eigenvalue weighted by molar-refractivity contribution is 6.35. The van der Waals surface area contributed by atoms with Crippen LogP contribution in [0.2, 0.25) is 10.0 Å². The van der Waals surface area contributed by atoms with E-state index < -0.39 is 11.7 Å². The second-order valence-corrected chi connectivity index (χ2v) is 5.79. The molecule has 8 heteroatoms. The summed E-state index contributed by atoms with van der Waals surface area (Å²) in [6.07, 6.45) is 0. The van der Waals surface area contributed by atoms with Crippen molar-refractivity contribution >= 4 is 35.0 Å². The molecule has 0 aromatic heterocycles. The van der Waals surface area contributed by atoms with E-state index in [0.717, 1.165) is 0 Å². The predicted octanol–water partition coefficient (Wildman–Crippen LogP) is 3.06. The number of ether oxygens (including phenoxy) is 1. The van der Waals surface area contributed by atoms with Gasteiger partial charge in [-0.05, 0) is 30.3 Å². The largest absolute Gasteiger partial charge is 0.482 e. The van der Waals surface area contributed by atoms with E-state index in [0.29, 0.717) is 15.8 Å². The van der Waals surface area contributed by atoms with Crippen molar-refractivity contribution in [2.75, 3.05) is 19.7 Å². The lowest BCUT2D eigenvalue weighted by Gasteiger charge is -2.10. The summed E-state index contributed by atoms with van der Waals surface area (Å²) in [7, 11) is 0. The van der Waals surface area contributed by atoms with Gasteiger partial charge in [0.05, 0.1) is 10.6 Å². The molecule has 2 aromatic rings. The summed E-state index contributed by atoms with van der Waals surface area (Å²) in [6.45, 7) is 0.0972. The van der Waals surface area contributed by atoms with Crippen LogP contribution in [0.15, 0.2) is 42.5 Å². The first-order valence-corrected chi connectivity index (χ1v) is 8.10. The Morgan fingerprint density at radius 3 is 2.48 bits per heavy atom. The minimum absolute atomic E-state index is 0.0467. The van der Waals surface area contributed by atoms with Gasteiger partial charge in [0.15, 0.2) is 6.61 Å². The minimum Gasteiger partial charge on any atom is -0.482 e. The second kappa shape index (κ2) is 9.25. The molecule has 2 aromatic carbocycles. The number of rotatable bonds is 7. The number of carbonyl (C=O) groups is 2. The first-order valence-electron chi connectivity index (χ1n) is 7.34. The lowest BCUT2D eigenvalue weighted by Crippen LogP contribution is -2.37. The molecule has 0 atom stereocenters. The summed E-state index contributed by atoms with van der Waals surface area (Å²) < 4.78 is 18.7. The van der Waals surface area contributed by atoms with Crippen molar-refractivity contribution in [1.29, 1.82) is 0 Å². The van der Waals surface area contributed by atoms with Crippen LogP contribution < -0.4 is 15.4 Å². The smallest absolute Gasteiger partial charge is 0.258 e. The topological polar surface area (TPSA) is 67.4 Å². The molecule has 0 saturated heterocycles. The summed E-state index contributed by atoms with van der Waals surface area (Å²) in [4.78, 5) is 23.5. The normalized spacial score (nSPS) is 10.2. The Morgan fingerprint density at radius 2 is 1.76 bits per heavy atom. The Hall–Kier alpha value is -2.31. The van der Waals surface area contributed by atoms with Crippen LogP contribution in [-0.4, -0.2) is 31.5 Å². The maximum atomic E-state index is 13.4. The maximum Gasteiger partial charge on any atom is 0.258 e. The Kier molecular flexibility index (Phi) is 7.03. The molecule has 0 spiro atoms. The molecule has 2 rings (SSSR count). The predicted molar refractivity (Wildman–Crippen MR) is 93.7 cm³/mol. The van der Waals surface area contributed by atoms with Crippen molar-refractivity contribution in [2.24, 2.45) is 0 Å². The first kappa shape index (κ1) is 19.0. The van der Waals surface area contributed by atoms with Crippen molar-refractivity contribution < 1.29 is 18.7 Å². The van der Waals surface area contributed by atoms with E-state index in [1.807, 2.05) is 0 Å². The molecule has 0 heterocycles. The summed E-state index contributed by atoms with van der Waals surface area (Å²) >= 11 is 11.7. The van der Waals surface area contributed by atoms with Crippen molar-refractivity contribution in [1.82, 2.24) is 10.6 Å². The third kappa shape index (κ3) is 5.92. The number of hydrogen-bond donors (Lipinski definition) is 2. The van der Waals surface area contributed by atoms with E-state index in [1.165, 1.54) is 24.3 Å². The van der Waals surface area contributed by atoms with Gasteiger partial charge in [-0.2, -0.15) is 0 Å². The molecule has 132 valence electrons. The molecule has 0 radical (unpaired) electrons. The molecular formula is C17H15Cl2FN2O3. The van der Waals surface area contributed by atoms with Gasteiger partial charge in [-0.25, -0.2) is 4.39 Å². The van der Waals surface area contributed by atoms with Gasteiger partial charge in [0.1, 0.15) is 11.6 Å². The fraction of sp³-hybridized carbons (Fsp3) is 0.176. The van der Waals surface area contributed by atoms with Crippen LogP contribution in [-0.2, 0) is 4.79 Å². The van der Waals surface area contributed by atoms with E-state index in [4.69, 9.17) is 27.9 Å². The number of halogens is 3. The van der Waals surface area contributed by atoms with E-state index >= 15 is 0 Å². The number of nitrogens with one attached hydrogen (secondary N) is 2. The quantitative estimate of drug-likeness (QED) is 0.720. The molecule has 0 aliphatic heterocycles. The van der Waals surface area contributed by atoms with E-state index in [9.17, 15) is 14.0 Å². The van der Waals surface area contributed by atoms with Crippen LogP contribution >= 0.6 is 23.2 Å². The van der Waals surface area contributed by atoms with E-state index in [2.05, 4.69) is 10.6 Å². The summed E-state index contributed by atoms with van der Waals surface area (Å²) in [5.74, 6) is -1.19. The molecular weight excluding hydrogens is 370 g/mol. The molecule has 2 amide bonds. The third-order valence-corrected chi connectivity index (χ3v) is 3.63. The molecule has 0 unspecified atom stereocenters. The van der Waals surface area contributed by atoms with Gasteiger partial charge in [0.25, 0.3) is 11.8 Å². The van der Waals surface area contributed by atoms with Crippen LogP contribution in [0.1, 0.15) is 10.4 Å². The average Bonchev–Trinajstić information content (AvgIpc) is 2.58. The molecule has 0 bridgehead atoms. The molecule has 5 nitrogen and oxygen atoms in total. The monoisotopic (exact) mass is 384 g/mol. The molecule has 25 heavy (non-hydrogen) atoms. The lowest BCUT2D eigenvalue weighted by atomic mass is 10.2. The first-order chi connectivity index (χ1) is 12.0. The SMILES string of the molecule is O=C(COc1ccc(Cl)cc1Cl)NCCNC(=O)c1ccccc1F. The van der Waals surface area contributed by atoms with Gasteiger partial charge >= 0.3 is 0 Å². The maximum absolute atomic E-state index is 13.4. The van der Waals surface area contributed by atoms with Gasteiger partial charge in [0, 0.05) is 18.1 Å². The fourth-order valence-corrected chi connectivity index (χ4v) is 2.37. The van der Waals surface area contributed by atoms with Gasteiger partial charge in [-0.1, -0.05) is 35.3 Å². The summed E-state index contributed by atoms with van der Waals surface area (Å²) in [6, 6.07) is 10.3. The fourth-order valence-electron chi connectivity index (χ4n) is 1.91. The highest BCUT2D eigenvalue weighted by Crippen LogP contribution is 2.27. The van der Waals surface area contributed by atoms with E-state index in [-0.39, 0.29) is 31.2 Å². The minimum atomic E-state index is -0.600. The van der Waals surface area contributed by atoms with Crippen LogP contribution in [0.3, 0.4) is 0 Å². The van der Waals surface area contributed by atoms with Gasteiger partial charge in [-0.3, -0.25) is 9.59 Å². The molecule has 0 fully saturated rings. The second-order valence-electron chi connectivity index (χ2n) is 4.95. The zero-order valence-electron chi connectivity index (χ0n) is 13.0. The Bertz CT molecular complexity index is 771. The third-order valence-electron chi connectivity index (χ3n) is 3.10. The lowest BCUT2D eigenvalue weighted by molar-refractivity contribution is -0.123. The Morgan fingerprint density at radius 1 is 1.04 bits per heavy atom.